The SMILES string of the molecule is CNC1CN(C(=O)c2ccc3nc(CC[C@@H](C)CCc4ncc(SC)cn4)sc3c2)C1. The Morgan fingerprint density at radius 1 is 1.26 bits per heavy atom. The van der Waals surface area contributed by atoms with Crippen LogP contribution in [0.5, 0.6) is 0 Å². The van der Waals surface area contributed by atoms with Gasteiger partial charge in [-0.1, -0.05) is 6.92 Å². The average molecular weight is 456 g/mol. The first kappa shape index (κ1) is 22.2. The molecule has 1 aliphatic heterocycles. The Morgan fingerprint density at radius 3 is 2.71 bits per heavy atom. The minimum absolute atomic E-state index is 0.116. The smallest absolute Gasteiger partial charge is 0.254 e. The van der Waals surface area contributed by atoms with Crippen LogP contribution in [0.15, 0.2) is 35.5 Å². The standard InChI is InChI=1S/C23H29N5OS2/c1-15(4-8-21-25-11-18(30-3)12-26-21)5-9-22-27-19-7-6-16(10-20(19)31-22)23(29)28-13-17(14-28)24-2/h6-7,10-12,15,17,24H,4-5,8-9,13-14H2,1-3H3/t15-/m0/s1. The monoisotopic (exact) mass is 455 g/mol. The molecule has 1 N–H and O–H groups in total. The van der Waals surface area contributed by atoms with Crippen LogP contribution in [-0.2, 0) is 12.8 Å². The first-order valence-electron chi connectivity index (χ1n) is 10.8. The van der Waals surface area contributed by atoms with Gasteiger partial charge in [0.1, 0.15) is 5.82 Å². The highest BCUT2D eigenvalue weighted by Crippen LogP contribution is 2.27. The van der Waals surface area contributed by atoms with Crippen molar-refractivity contribution in [2.24, 2.45) is 5.92 Å². The molecule has 0 unspecified atom stereocenters. The van der Waals surface area contributed by atoms with Gasteiger partial charge in [-0.05, 0) is 56.7 Å². The van der Waals surface area contributed by atoms with Crippen molar-refractivity contribution in [2.75, 3.05) is 26.4 Å². The number of fused-ring (bicyclic) bond motifs is 1. The number of likely N-dealkylation sites (tertiary alicyclic amines) is 1. The number of rotatable bonds is 9. The van der Waals surface area contributed by atoms with Crippen LogP contribution in [-0.4, -0.2) is 58.2 Å². The number of amides is 1. The summed E-state index contributed by atoms with van der Waals surface area (Å²) in [7, 11) is 1.94. The van der Waals surface area contributed by atoms with E-state index >= 15 is 0 Å². The summed E-state index contributed by atoms with van der Waals surface area (Å²) in [5.74, 6) is 1.62. The van der Waals surface area contributed by atoms with Crippen LogP contribution in [0.25, 0.3) is 10.2 Å². The summed E-state index contributed by atoms with van der Waals surface area (Å²) in [4.78, 5) is 29.3. The van der Waals surface area contributed by atoms with Crippen molar-refractivity contribution in [1.82, 2.24) is 25.2 Å². The summed E-state index contributed by atoms with van der Waals surface area (Å²) in [6, 6.07) is 6.32. The van der Waals surface area contributed by atoms with Gasteiger partial charge < -0.3 is 10.2 Å². The van der Waals surface area contributed by atoms with Gasteiger partial charge in [-0.15, -0.1) is 23.1 Å². The predicted molar refractivity (Wildman–Crippen MR) is 128 cm³/mol. The fourth-order valence-corrected chi connectivity index (χ4v) is 5.03. The van der Waals surface area contributed by atoms with Gasteiger partial charge in [-0.25, -0.2) is 15.0 Å². The topological polar surface area (TPSA) is 71.0 Å². The van der Waals surface area contributed by atoms with Gasteiger partial charge in [0.25, 0.3) is 5.91 Å². The van der Waals surface area contributed by atoms with Crippen LogP contribution < -0.4 is 5.32 Å². The second kappa shape index (κ2) is 10.1. The minimum atomic E-state index is 0.116. The lowest BCUT2D eigenvalue weighted by Gasteiger charge is -2.39. The number of aromatic nitrogens is 3. The molecule has 1 fully saturated rings. The lowest BCUT2D eigenvalue weighted by molar-refractivity contribution is 0.0577. The van der Waals surface area contributed by atoms with Crippen LogP contribution in [0.1, 0.15) is 41.0 Å². The zero-order chi connectivity index (χ0) is 21.8. The molecule has 0 radical (unpaired) electrons. The summed E-state index contributed by atoms with van der Waals surface area (Å²) in [5, 5.41) is 4.35. The Labute approximate surface area is 191 Å². The third-order valence-corrected chi connectivity index (χ3v) is 7.65. The maximum absolute atomic E-state index is 12.6. The maximum atomic E-state index is 12.6. The molecule has 3 aromatic rings. The predicted octanol–water partition coefficient (Wildman–Crippen LogP) is 4.05. The first-order chi connectivity index (χ1) is 15.1. The van der Waals surface area contributed by atoms with E-state index < -0.39 is 0 Å². The van der Waals surface area contributed by atoms with Crippen molar-refractivity contribution in [3.8, 4) is 0 Å². The van der Waals surface area contributed by atoms with E-state index in [9.17, 15) is 4.79 Å². The fourth-order valence-electron chi connectivity index (χ4n) is 3.69. The van der Waals surface area contributed by atoms with Crippen molar-refractivity contribution in [3.05, 3.63) is 47.0 Å². The molecule has 1 atom stereocenters. The number of nitrogens with one attached hydrogen (secondary N) is 1. The van der Waals surface area contributed by atoms with Gasteiger partial charge in [0.05, 0.1) is 15.2 Å². The average Bonchev–Trinajstić information content (AvgIpc) is 3.18. The summed E-state index contributed by atoms with van der Waals surface area (Å²) in [6.07, 6.45) is 9.88. The molecule has 4 rings (SSSR count). The number of nitrogens with zero attached hydrogens (tertiary/aromatic N) is 4. The van der Waals surface area contributed by atoms with Crippen LogP contribution in [0.3, 0.4) is 0 Å². The Balaban J connectivity index is 1.29. The van der Waals surface area contributed by atoms with Crippen molar-refractivity contribution in [3.63, 3.8) is 0 Å². The zero-order valence-corrected chi connectivity index (χ0v) is 19.9. The Bertz CT molecular complexity index is 1030. The van der Waals surface area contributed by atoms with E-state index in [0.717, 1.165) is 70.3 Å². The van der Waals surface area contributed by atoms with Gasteiger partial charge >= 0.3 is 0 Å². The molecule has 0 spiro atoms. The van der Waals surface area contributed by atoms with E-state index in [1.807, 2.05) is 48.8 Å². The Hall–Kier alpha value is -2.03. The fraction of sp³-hybridized carbons (Fsp3) is 0.478. The summed E-state index contributed by atoms with van der Waals surface area (Å²) >= 11 is 3.37. The quantitative estimate of drug-likeness (QED) is 0.491. The van der Waals surface area contributed by atoms with Gasteiger partial charge in [0.2, 0.25) is 0 Å². The molecule has 2 aromatic heterocycles. The van der Waals surface area contributed by atoms with Crippen molar-refractivity contribution < 1.29 is 4.79 Å². The number of carbonyl (C=O) groups is 1. The summed E-state index contributed by atoms with van der Waals surface area (Å²) < 4.78 is 1.10. The van der Waals surface area contributed by atoms with Crippen LogP contribution in [0.4, 0.5) is 0 Å². The number of aryl methyl sites for hydroxylation is 2. The highest BCUT2D eigenvalue weighted by atomic mass is 32.2. The number of benzene rings is 1. The molecule has 1 saturated heterocycles. The molecule has 3 heterocycles. The van der Waals surface area contributed by atoms with E-state index in [4.69, 9.17) is 4.98 Å². The molecular weight excluding hydrogens is 426 g/mol. The van der Waals surface area contributed by atoms with Gasteiger partial charge in [-0.3, -0.25) is 4.79 Å². The van der Waals surface area contributed by atoms with Crippen LogP contribution in [0.2, 0.25) is 0 Å². The molecule has 1 amide bonds. The number of hydrogen-bond donors (Lipinski definition) is 1. The van der Waals surface area contributed by atoms with E-state index in [-0.39, 0.29) is 5.91 Å². The van der Waals surface area contributed by atoms with Crippen molar-refractivity contribution in [1.29, 1.82) is 0 Å². The molecule has 8 heteroatoms. The summed E-state index contributed by atoms with van der Waals surface area (Å²) in [6.45, 7) is 3.85. The number of thioether (sulfide) groups is 1. The maximum Gasteiger partial charge on any atom is 0.254 e. The molecule has 6 nitrogen and oxygen atoms in total. The second-order valence-corrected chi connectivity index (χ2v) is 10.2. The van der Waals surface area contributed by atoms with E-state index in [1.165, 1.54) is 0 Å². The third-order valence-electron chi connectivity index (χ3n) is 5.89. The molecule has 31 heavy (non-hydrogen) atoms. The van der Waals surface area contributed by atoms with Gasteiger partial charge in [0.15, 0.2) is 0 Å². The van der Waals surface area contributed by atoms with E-state index in [1.54, 1.807) is 23.1 Å². The molecular formula is C23H29N5OS2. The molecule has 0 saturated carbocycles. The highest BCUT2D eigenvalue weighted by molar-refractivity contribution is 7.98. The second-order valence-electron chi connectivity index (χ2n) is 8.21. The number of likely N-dealkylation sites (N-methyl/N-ethyl adjacent to an activating group) is 1. The zero-order valence-electron chi connectivity index (χ0n) is 18.3. The third kappa shape index (κ3) is 5.42. The number of carbonyl (C=O) groups excluding carboxylic acids is 1. The lowest BCUT2D eigenvalue weighted by Crippen LogP contribution is -2.58. The Morgan fingerprint density at radius 2 is 2.00 bits per heavy atom. The van der Waals surface area contributed by atoms with Crippen LogP contribution >= 0.6 is 23.1 Å². The normalized spacial score (nSPS) is 15.3. The van der Waals surface area contributed by atoms with Crippen LogP contribution in [0, 0.1) is 5.92 Å². The largest absolute Gasteiger partial charge is 0.335 e. The Kier molecular flexibility index (Phi) is 7.20. The van der Waals surface area contributed by atoms with Crippen molar-refractivity contribution in [2.45, 2.75) is 43.5 Å². The molecule has 0 aliphatic carbocycles. The van der Waals surface area contributed by atoms with E-state index in [2.05, 4.69) is 22.2 Å². The van der Waals surface area contributed by atoms with E-state index in [0.29, 0.717) is 12.0 Å². The van der Waals surface area contributed by atoms with Crippen molar-refractivity contribution >= 4 is 39.2 Å². The highest BCUT2D eigenvalue weighted by Gasteiger charge is 2.30. The van der Waals surface area contributed by atoms with Gasteiger partial charge in [-0.2, -0.15) is 0 Å². The number of hydrogen-bond acceptors (Lipinski definition) is 7. The molecule has 0 bridgehead atoms. The molecule has 1 aliphatic rings. The lowest BCUT2D eigenvalue weighted by atomic mass is 10.00. The summed E-state index contributed by atoms with van der Waals surface area (Å²) in [5.41, 5.74) is 1.75. The first-order valence-corrected chi connectivity index (χ1v) is 12.8. The number of thiazole rings is 1. The molecule has 1 aromatic carbocycles. The molecule has 164 valence electrons. The minimum Gasteiger partial charge on any atom is -0.335 e. The van der Waals surface area contributed by atoms with Gasteiger partial charge in [0, 0.05) is 48.4 Å².